The smallest absolute Gasteiger partial charge is 0.158 e. The van der Waals surface area contributed by atoms with Gasteiger partial charge in [-0.2, -0.15) is 5.10 Å². The van der Waals surface area contributed by atoms with Crippen LogP contribution in [0.3, 0.4) is 0 Å². The Bertz CT molecular complexity index is 1070. The lowest BCUT2D eigenvalue weighted by molar-refractivity contribution is 0.260. The van der Waals surface area contributed by atoms with Crippen LogP contribution in [0.4, 0.5) is 5.82 Å². The molecule has 3 heterocycles. The molecule has 1 aliphatic carbocycles. The van der Waals surface area contributed by atoms with Gasteiger partial charge in [0.05, 0.1) is 11.6 Å². The number of aromatic nitrogens is 2. The Kier molecular flexibility index (Phi) is 4.13. The average molecular weight is 376 g/mol. The zero-order valence-electron chi connectivity index (χ0n) is 15.1. The first-order valence-corrected chi connectivity index (χ1v) is 10.1. The molecule has 0 fully saturated rings. The van der Waals surface area contributed by atoms with E-state index in [2.05, 4.69) is 26.6 Å². The summed E-state index contributed by atoms with van der Waals surface area (Å²) >= 11 is 1.79. The van der Waals surface area contributed by atoms with Crippen LogP contribution in [-0.4, -0.2) is 22.3 Å². The predicted molar refractivity (Wildman–Crippen MR) is 111 cm³/mol. The minimum absolute atomic E-state index is 0.0372. The van der Waals surface area contributed by atoms with E-state index in [9.17, 15) is 0 Å². The molecule has 0 spiro atoms. The van der Waals surface area contributed by atoms with Crippen LogP contribution >= 0.6 is 11.3 Å². The number of benzene rings is 1. The van der Waals surface area contributed by atoms with Gasteiger partial charge in [0.2, 0.25) is 0 Å². The minimum atomic E-state index is -0.0372. The quantitative estimate of drug-likeness (QED) is 0.525. The maximum absolute atomic E-state index is 5.97. The number of nitrogens with zero attached hydrogens (tertiary/aromatic N) is 3. The molecular formula is C21H20N4OS. The van der Waals surface area contributed by atoms with Gasteiger partial charge in [0.25, 0.3) is 0 Å². The third-order valence-electron chi connectivity index (χ3n) is 5.15. The highest BCUT2D eigenvalue weighted by atomic mass is 32.1. The van der Waals surface area contributed by atoms with Gasteiger partial charge in [0.1, 0.15) is 23.0 Å². The first-order chi connectivity index (χ1) is 13.3. The Hall–Kier alpha value is -2.73. The van der Waals surface area contributed by atoms with Gasteiger partial charge in [-0.05, 0) is 50.3 Å². The van der Waals surface area contributed by atoms with Crippen molar-refractivity contribution in [3.63, 3.8) is 0 Å². The first kappa shape index (κ1) is 16.4. The third-order valence-corrected chi connectivity index (χ3v) is 6.35. The first-order valence-electron chi connectivity index (χ1n) is 9.31. The number of thiophene rings is 1. The lowest BCUT2D eigenvalue weighted by Gasteiger charge is -2.22. The summed E-state index contributed by atoms with van der Waals surface area (Å²) in [4.78, 5) is 11.4. The standard InChI is InChI=1S/C21H20N4OS/c1-13-15(10-14-6-2-4-8-17(14)26-13)11-24-25-20-19-16-7-3-5-9-18(16)27-21(19)23-12-22-20/h2,4,6,8,10-13H,3,5,7,9H2,1H3,(H,22,23,25)/b24-11-/t13-/m1/s1. The average Bonchev–Trinajstić information content (AvgIpc) is 3.08. The van der Waals surface area contributed by atoms with Crippen LogP contribution in [0.2, 0.25) is 0 Å². The molecule has 27 heavy (non-hydrogen) atoms. The van der Waals surface area contributed by atoms with Crippen molar-refractivity contribution in [1.29, 1.82) is 0 Å². The number of anilines is 1. The lowest BCUT2D eigenvalue weighted by atomic mass is 9.97. The van der Waals surface area contributed by atoms with Gasteiger partial charge in [-0.25, -0.2) is 9.97 Å². The molecule has 1 N–H and O–H groups in total. The molecule has 0 bridgehead atoms. The molecule has 0 unspecified atom stereocenters. The molecule has 1 aliphatic heterocycles. The van der Waals surface area contributed by atoms with Crippen LogP contribution in [0.1, 0.15) is 35.8 Å². The molecule has 6 heteroatoms. The largest absolute Gasteiger partial charge is 0.485 e. The summed E-state index contributed by atoms with van der Waals surface area (Å²) < 4.78 is 5.97. The van der Waals surface area contributed by atoms with Gasteiger partial charge >= 0.3 is 0 Å². The summed E-state index contributed by atoms with van der Waals surface area (Å²) in [7, 11) is 0. The van der Waals surface area contributed by atoms with E-state index in [1.54, 1.807) is 17.7 Å². The summed E-state index contributed by atoms with van der Waals surface area (Å²) in [5, 5.41) is 5.60. The van der Waals surface area contributed by atoms with Crippen LogP contribution in [0.5, 0.6) is 5.75 Å². The molecule has 5 rings (SSSR count). The number of ether oxygens (including phenoxy) is 1. The van der Waals surface area contributed by atoms with Gasteiger partial charge < -0.3 is 4.74 Å². The Morgan fingerprint density at radius 3 is 3.07 bits per heavy atom. The molecule has 0 saturated heterocycles. The molecule has 0 saturated carbocycles. The second kappa shape index (κ2) is 6.78. The van der Waals surface area contributed by atoms with E-state index in [0.29, 0.717) is 0 Å². The monoisotopic (exact) mass is 376 g/mol. The lowest BCUT2D eigenvalue weighted by Crippen LogP contribution is -2.19. The molecule has 5 nitrogen and oxygen atoms in total. The number of aryl methyl sites for hydroxylation is 2. The SMILES string of the molecule is C[C@H]1Oc2ccccc2C=C1/C=N\Nc1ncnc2sc3c(c12)CCCC3. The molecule has 0 radical (unpaired) electrons. The molecule has 2 aliphatic rings. The predicted octanol–water partition coefficient (Wildman–Crippen LogP) is 4.83. The Morgan fingerprint density at radius 1 is 1.22 bits per heavy atom. The van der Waals surface area contributed by atoms with Gasteiger partial charge in [-0.3, -0.25) is 5.43 Å². The summed E-state index contributed by atoms with van der Waals surface area (Å²) in [6, 6.07) is 8.04. The second-order valence-electron chi connectivity index (χ2n) is 6.93. The zero-order valence-corrected chi connectivity index (χ0v) is 15.9. The molecule has 0 amide bonds. The van der Waals surface area contributed by atoms with E-state index in [4.69, 9.17) is 4.74 Å². The molecule has 1 aromatic carbocycles. The van der Waals surface area contributed by atoms with Crippen molar-refractivity contribution >= 4 is 39.7 Å². The summed E-state index contributed by atoms with van der Waals surface area (Å²) in [5.41, 5.74) is 6.65. The maximum Gasteiger partial charge on any atom is 0.158 e. The zero-order chi connectivity index (χ0) is 18.2. The van der Waals surface area contributed by atoms with Crippen molar-refractivity contribution < 1.29 is 4.74 Å². The fourth-order valence-corrected chi connectivity index (χ4v) is 4.98. The van der Waals surface area contributed by atoms with E-state index in [1.807, 2.05) is 37.4 Å². The number of rotatable bonds is 3. The second-order valence-corrected chi connectivity index (χ2v) is 8.01. The highest BCUT2D eigenvalue weighted by molar-refractivity contribution is 7.19. The van der Waals surface area contributed by atoms with E-state index in [0.717, 1.165) is 45.8 Å². The van der Waals surface area contributed by atoms with Gasteiger partial charge in [0, 0.05) is 16.0 Å². The van der Waals surface area contributed by atoms with E-state index >= 15 is 0 Å². The van der Waals surface area contributed by atoms with Crippen molar-refractivity contribution in [2.45, 2.75) is 38.7 Å². The number of hydrazone groups is 1. The molecule has 1 atom stereocenters. The summed E-state index contributed by atoms with van der Waals surface area (Å²) in [6.45, 7) is 2.03. The Morgan fingerprint density at radius 2 is 2.11 bits per heavy atom. The highest BCUT2D eigenvalue weighted by Gasteiger charge is 2.20. The van der Waals surface area contributed by atoms with E-state index in [1.165, 1.54) is 23.3 Å². The number of nitrogens with one attached hydrogen (secondary N) is 1. The number of hydrogen-bond acceptors (Lipinski definition) is 6. The number of para-hydroxylation sites is 1. The van der Waals surface area contributed by atoms with Crippen molar-refractivity contribution in [3.8, 4) is 5.75 Å². The van der Waals surface area contributed by atoms with Crippen LogP contribution in [0.15, 0.2) is 41.3 Å². The third kappa shape index (κ3) is 3.00. The van der Waals surface area contributed by atoms with Crippen LogP contribution in [0.25, 0.3) is 16.3 Å². The fourth-order valence-electron chi connectivity index (χ4n) is 3.75. The molecule has 2 aromatic heterocycles. The van der Waals surface area contributed by atoms with Crippen LogP contribution < -0.4 is 10.2 Å². The van der Waals surface area contributed by atoms with Crippen molar-refractivity contribution in [2.24, 2.45) is 5.10 Å². The van der Waals surface area contributed by atoms with Crippen LogP contribution in [-0.2, 0) is 12.8 Å². The van der Waals surface area contributed by atoms with E-state index < -0.39 is 0 Å². The topological polar surface area (TPSA) is 59.4 Å². The fraction of sp³-hybridized carbons (Fsp3) is 0.286. The van der Waals surface area contributed by atoms with Crippen molar-refractivity contribution in [1.82, 2.24) is 9.97 Å². The Balaban J connectivity index is 1.43. The number of hydrogen-bond donors (Lipinski definition) is 1. The Labute approximate surface area is 161 Å². The summed E-state index contributed by atoms with van der Waals surface area (Å²) in [5.74, 6) is 1.71. The van der Waals surface area contributed by atoms with Gasteiger partial charge in [-0.1, -0.05) is 18.2 Å². The van der Waals surface area contributed by atoms with Gasteiger partial charge in [0.15, 0.2) is 5.82 Å². The molecule has 136 valence electrons. The normalized spacial score (nSPS) is 18.7. The maximum atomic E-state index is 5.97. The highest BCUT2D eigenvalue weighted by Crippen LogP contribution is 2.38. The molecular weight excluding hydrogens is 356 g/mol. The van der Waals surface area contributed by atoms with Crippen LogP contribution in [0, 0.1) is 0 Å². The minimum Gasteiger partial charge on any atom is -0.485 e. The number of fused-ring (bicyclic) bond motifs is 4. The van der Waals surface area contributed by atoms with Crippen molar-refractivity contribution in [3.05, 3.63) is 52.2 Å². The van der Waals surface area contributed by atoms with Gasteiger partial charge in [-0.15, -0.1) is 11.3 Å². The van der Waals surface area contributed by atoms with Crippen molar-refractivity contribution in [2.75, 3.05) is 5.43 Å². The summed E-state index contributed by atoms with van der Waals surface area (Å²) in [6.07, 6.45) is 10.3. The molecule has 3 aromatic rings. The van der Waals surface area contributed by atoms with E-state index in [-0.39, 0.29) is 6.10 Å².